The molecule has 0 aliphatic carbocycles. The first-order chi connectivity index (χ1) is 12.2. The monoisotopic (exact) mass is 340 g/mol. The molecule has 2 aromatic rings. The zero-order valence-electron chi connectivity index (χ0n) is 14.0. The van der Waals surface area contributed by atoms with Crippen molar-refractivity contribution in [3.05, 3.63) is 59.7 Å². The Labute approximate surface area is 146 Å². The Kier molecular flexibility index (Phi) is 5.30. The highest BCUT2D eigenvalue weighted by Crippen LogP contribution is 2.27. The minimum absolute atomic E-state index is 0.00774. The van der Waals surface area contributed by atoms with Gasteiger partial charge in [0.25, 0.3) is 5.91 Å². The van der Waals surface area contributed by atoms with Crippen LogP contribution in [0.1, 0.15) is 11.1 Å². The number of rotatable bonds is 5. The molecule has 1 aliphatic rings. The molecule has 1 N–H and O–H groups in total. The number of benzene rings is 2. The van der Waals surface area contributed by atoms with E-state index in [4.69, 9.17) is 9.47 Å². The molecule has 1 heterocycles. The number of nitrogens with zero attached hydrogens (tertiary/aromatic N) is 1. The van der Waals surface area contributed by atoms with E-state index in [2.05, 4.69) is 5.32 Å². The van der Waals surface area contributed by atoms with E-state index < -0.39 is 0 Å². The Morgan fingerprint density at radius 3 is 2.80 bits per heavy atom. The molecule has 1 aliphatic heterocycles. The molecular formula is C19H20N2O4. The molecule has 0 saturated heterocycles. The summed E-state index contributed by atoms with van der Waals surface area (Å²) in [5.74, 6) is 0.368. The van der Waals surface area contributed by atoms with Gasteiger partial charge in [0.1, 0.15) is 12.4 Å². The Hall–Kier alpha value is -2.86. The Bertz CT molecular complexity index is 761. The molecule has 0 atom stereocenters. The molecular weight excluding hydrogens is 320 g/mol. The van der Waals surface area contributed by atoms with Gasteiger partial charge < -0.3 is 19.7 Å². The summed E-state index contributed by atoms with van der Waals surface area (Å²) in [4.78, 5) is 25.8. The van der Waals surface area contributed by atoms with Crippen LogP contribution in [0.2, 0.25) is 0 Å². The van der Waals surface area contributed by atoms with Gasteiger partial charge in [-0.2, -0.15) is 0 Å². The Balaban J connectivity index is 1.78. The summed E-state index contributed by atoms with van der Waals surface area (Å²) in [5.41, 5.74) is 2.57. The van der Waals surface area contributed by atoms with Crippen LogP contribution in [0.25, 0.3) is 0 Å². The number of nitrogens with one attached hydrogen (secondary N) is 1. The fourth-order valence-electron chi connectivity index (χ4n) is 2.72. The highest BCUT2D eigenvalue weighted by atomic mass is 16.5. The van der Waals surface area contributed by atoms with Crippen molar-refractivity contribution < 1.29 is 19.1 Å². The number of hydrogen-bond acceptors (Lipinski definition) is 4. The van der Waals surface area contributed by atoms with Crippen LogP contribution < -0.4 is 10.1 Å². The van der Waals surface area contributed by atoms with Gasteiger partial charge in [-0.1, -0.05) is 30.3 Å². The second-order valence-corrected chi connectivity index (χ2v) is 5.83. The molecule has 2 amide bonds. The number of fused-ring (bicyclic) bond motifs is 1. The third kappa shape index (κ3) is 4.36. The topological polar surface area (TPSA) is 67.9 Å². The number of carbonyl (C=O) groups excluding carboxylic acids is 2. The van der Waals surface area contributed by atoms with Crippen molar-refractivity contribution in [1.82, 2.24) is 4.90 Å². The molecule has 3 rings (SSSR count). The van der Waals surface area contributed by atoms with Crippen LogP contribution in [0.5, 0.6) is 5.75 Å². The normalized spacial score (nSPS) is 13.6. The summed E-state index contributed by atoms with van der Waals surface area (Å²) in [6, 6.07) is 15.2. The maximum atomic E-state index is 12.3. The van der Waals surface area contributed by atoms with Crippen molar-refractivity contribution in [3.63, 3.8) is 0 Å². The van der Waals surface area contributed by atoms with E-state index in [0.717, 1.165) is 11.1 Å². The average molecular weight is 340 g/mol. The first-order valence-corrected chi connectivity index (χ1v) is 8.02. The zero-order chi connectivity index (χ0) is 17.6. The molecule has 0 radical (unpaired) electrons. The first-order valence-electron chi connectivity index (χ1n) is 8.02. The van der Waals surface area contributed by atoms with Crippen LogP contribution in [0.4, 0.5) is 5.69 Å². The molecule has 0 spiro atoms. The van der Waals surface area contributed by atoms with E-state index in [1.165, 1.54) is 7.11 Å². The first kappa shape index (κ1) is 17.0. The fourth-order valence-corrected chi connectivity index (χ4v) is 2.72. The van der Waals surface area contributed by atoms with Gasteiger partial charge in [-0.05, 0) is 23.8 Å². The van der Waals surface area contributed by atoms with Crippen molar-refractivity contribution in [2.75, 3.05) is 25.6 Å². The molecule has 25 heavy (non-hydrogen) atoms. The second-order valence-electron chi connectivity index (χ2n) is 5.83. The van der Waals surface area contributed by atoms with Crippen LogP contribution in [-0.2, 0) is 27.4 Å². The SMILES string of the molecule is COCC(=O)Nc1ccc2c(c1)CN(Cc1ccccc1)C(=O)CO2. The van der Waals surface area contributed by atoms with E-state index in [1.807, 2.05) is 36.4 Å². The predicted molar refractivity (Wildman–Crippen MR) is 93.1 cm³/mol. The molecule has 0 unspecified atom stereocenters. The van der Waals surface area contributed by atoms with Crippen molar-refractivity contribution >= 4 is 17.5 Å². The maximum absolute atomic E-state index is 12.3. The van der Waals surface area contributed by atoms with Crippen molar-refractivity contribution in [3.8, 4) is 5.75 Å². The standard InChI is InChI=1S/C19H20N2O4/c1-24-12-18(22)20-16-7-8-17-15(9-16)11-21(19(23)13-25-17)10-14-5-3-2-4-6-14/h2-9H,10-13H2,1H3,(H,20,22). The van der Waals surface area contributed by atoms with E-state index in [-0.39, 0.29) is 25.0 Å². The maximum Gasteiger partial charge on any atom is 0.261 e. The summed E-state index contributed by atoms with van der Waals surface area (Å²) in [5, 5.41) is 2.77. The van der Waals surface area contributed by atoms with E-state index in [1.54, 1.807) is 17.0 Å². The van der Waals surface area contributed by atoms with E-state index in [9.17, 15) is 9.59 Å². The molecule has 6 nitrogen and oxygen atoms in total. The average Bonchev–Trinajstić information content (AvgIpc) is 2.75. The minimum atomic E-state index is -0.228. The molecule has 0 saturated carbocycles. The lowest BCUT2D eigenvalue weighted by Gasteiger charge is -2.20. The second kappa shape index (κ2) is 7.81. The summed E-state index contributed by atoms with van der Waals surface area (Å²) in [7, 11) is 1.47. The van der Waals surface area contributed by atoms with Gasteiger partial charge in [0.05, 0.1) is 0 Å². The third-order valence-electron chi connectivity index (χ3n) is 3.90. The molecule has 130 valence electrons. The van der Waals surface area contributed by atoms with Gasteiger partial charge in [-0.25, -0.2) is 0 Å². The van der Waals surface area contributed by atoms with Gasteiger partial charge >= 0.3 is 0 Å². The summed E-state index contributed by atoms with van der Waals surface area (Å²) in [6.45, 7) is 0.946. The molecule has 0 aromatic heterocycles. The smallest absolute Gasteiger partial charge is 0.261 e. The minimum Gasteiger partial charge on any atom is -0.483 e. The van der Waals surface area contributed by atoms with Crippen LogP contribution in [0, 0.1) is 0 Å². The number of carbonyl (C=O) groups is 2. The fraction of sp³-hybridized carbons (Fsp3) is 0.263. The van der Waals surface area contributed by atoms with Gasteiger partial charge in [-0.3, -0.25) is 9.59 Å². The summed E-state index contributed by atoms with van der Waals surface area (Å²) < 4.78 is 10.4. The van der Waals surface area contributed by atoms with E-state index in [0.29, 0.717) is 24.5 Å². The number of hydrogen-bond donors (Lipinski definition) is 1. The Morgan fingerprint density at radius 2 is 2.04 bits per heavy atom. The number of amides is 2. The van der Waals surface area contributed by atoms with Gasteiger partial charge in [0.15, 0.2) is 6.61 Å². The molecule has 2 aromatic carbocycles. The van der Waals surface area contributed by atoms with E-state index >= 15 is 0 Å². The molecule has 0 fully saturated rings. The quantitative estimate of drug-likeness (QED) is 0.906. The molecule has 6 heteroatoms. The van der Waals surface area contributed by atoms with Gasteiger partial charge in [-0.15, -0.1) is 0 Å². The number of methoxy groups -OCH3 is 1. The lowest BCUT2D eigenvalue weighted by molar-refractivity contribution is -0.133. The largest absolute Gasteiger partial charge is 0.483 e. The molecule has 0 bridgehead atoms. The Morgan fingerprint density at radius 1 is 1.24 bits per heavy atom. The van der Waals surface area contributed by atoms with Crippen LogP contribution in [0.15, 0.2) is 48.5 Å². The van der Waals surface area contributed by atoms with Crippen LogP contribution in [-0.4, -0.2) is 37.0 Å². The van der Waals surface area contributed by atoms with Crippen LogP contribution in [0.3, 0.4) is 0 Å². The van der Waals surface area contributed by atoms with Crippen LogP contribution >= 0.6 is 0 Å². The highest BCUT2D eigenvalue weighted by Gasteiger charge is 2.22. The van der Waals surface area contributed by atoms with Gasteiger partial charge in [0, 0.05) is 31.5 Å². The van der Waals surface area contributed by atoms with Crippen molar-refractivity contribution in [2.24, 2.45) is 0 Å². The third-order valence-corrected chi connectivity index (χ3v) is 3.90. The number of ether oxygens (including phenoxy) is 2. The van der Waals surface area contributed by atoms with Gasteiger partial charge in [0.2, 0.25) is 5.91 Å². The lowest BCUT2D eigenvalue weighted by Crippen LogP contribution is -2.31. The highest BCUT2D eigenvalue weighted by molar-refractivity contribution is 5.92. The van der Waals surface area contributed by atoms with Crippen molar-refractivity contribution in [1.29, 1.82) is 0 Å². The summed E-state index contributed by atoms with van der Waals surface area (Å²) in [6.07, 6.45) is 0. The lowest BCUT2D eigenvalue weighted by atomic mass is 10.1. The van der Waals surface area contributed by atoms with Crippen molar-refractivity contribution in [2.45, 2.75) is 13.1 Å². The predicted octanol–water partition coefficient (Wildman–Crippen LogP) is 2.19. The zero-order valence-corrected chi connectivity index (χ0v) is 14.0. The number of anilines is 1. The summed E-state index contributed by atoms with van der Waals surface area (Å²) >= 11 is 0.